The maximum atomic E-state index is 13.0. The SMILES string of the molecule is Cc1c(-c2ccc(F)cc2)nc2c(N)ccc(Cl)n12. The topological polar surface area (TPSA) is 43.3 Å². The number of pyridine rings is 1. The molecular weight excluding hydrogens is 265 g/mol. The summed E-state index contributed by atoms with van der Waals surface area (Å²) in [5.74, 6) is -0.275. The quantitative estimate of drug-likeness (QED) is 0.689. The zero-order valence-electron chi connectivity index (χ0n) is 10.2. The van der Waals surface area contributed by atoms with Crippen LogP contribution in [0.1, 0.15) is 5.69 Å². The first kappa shape index (κ1) is 12.0. The van der Waals surface area contributed by atoms with E-state index in [2.05, 4.69) is 4.98 Å². The second kappa shape index (κ2) is 4.24. The lowest BCUT2D eigenvalue weighted by molar-refractivity contribution is 0.628. The van der Waals surface area contributed by atoms with E-state index in [9.17, 15) is 4.39 Å². The average molecular weight is 276 g/mol. The van der Waals surface area contributed by atoms with Crippen LogP contribution in [0.25, 0.3) is 16.9 Å². The molecule has 0 amide bonds. The second-order valence-corrected chi connectivity index (χ2v) is 4.71. The van der Waals surface area contributed by atoms with Gasteiger partial charge in [-0.15, -0.1) is 0 Å². The van der Waals surface area contributed by atoms with Crippen molar-refractivity contribution in [2.45, 2.75) is 6.92 Å². The van der Waals surface area contributed by atoms with E-state index in [1.807, 2.05) is 6.92 Å². The first-order valence-electron chi connectivity index (χ1n) is 5.77. The predicted molar refractivity (Wildman–Crippen MR) is 74.7 cm³/mol. The van der Waals surface area contributed by atoms with Gasteiger partial charge >= 0.3 is 0 Å². The molecule has 0 unspecified atom stereocenters. The van der Waals surface area contributed by atoms with Crippen molar-refractivity contribution in [1.82, 2.24) is 9.38 Å². The van der Waals surface area contributed by atoms with Crippen LogP contribution in [0.2, 0.25) is 5.15 Å². The molecule has 0 radical (unpaired) electrons. The predicted octanol–water partition coefficient (Wildman–Crippen LogP) is 3.68. The van der Waals surface area contributed by atoms with E-state index >= 15 is 0 Å². The number of aryl methyl sites for hydroxylation is 1. The van der Waals surface area contributed by atoms with Crippen LogP contribution in [0.4, 0.5) is 10.1 Å². The van der Waals surface area contributed by atoms with Gasteiger partial charge in [0.05, 0.1) is 11.4 Å². The maximum Gasteiger partial charge on any atom is 0.162 e. The number of imidazole rings is 1. The van der Waals surface area contributed by atoms with Gasteiger partial charge in [-0.2, -0.15) is 0 Å². The monoisotopic (exact) mass is 275 g/mol. The van der Waals surface area contributed by atoms with Crippen LogP contribution < -0.4 is 5.73 Å². The normalized spacial score (nSPS) is 11.1. The highest BCUT2D eigenvalue weighted by Crippen LogP contribution is 2.29. The Morgan fingerprint density at radius 3 is 2.47 bits per heavy atom. The van der Waals surface area contributed by atoms with Crippen molar-refractivity contribution < 1.29 is 4.39 Å². The molecule has 0 saturated heterocycles. The van der Waals surface area contributed by atoms with Gasteiger partial charge in [0.15, 0.2) is 5.65 Å². The van der Waals surface area contributed by atoms with Gasteiger partial charge in [0.25, 0.3) is 0 Å². The lowest BCUT2D eigenvalue weighted by Gasteiger charge is -2.02. The molecule has 3 nitrogen and oxygen atoms in total. The molecule has 3 aromatic rings. The number of fused-ring (bicyclic) bond motifs is 1. The van der Waals surface area contributed by atoms with Crippen molar-refractivity contribution in [3.63, 3.8) is 0 Å². The summed E-state index contributed by atoms with van der Waals surface area (Å²) in [5.41, 5.74) is 9.53. The zero-order chi connectivity index (χ0) is 13.6. The molecule has 0 spiro atoms. The largest absolute Gasteiger partial charge is 0.396 e. The lowest BCUT2D eigenvalue weighted by Crippen LogP contribution is -1.94. The third-order valence-electron chi connectivity index (χ3n) is 3.10. The summed E-state index contributed by atoms with van der Waals surface area (Å²) in [4.78, 5) is 4.50. The number of benzene rings is 1. The minimum absolute atomic E-state index is 0.275. The van der Waals surface area contributed by atoms with Crippen molar-refractivity contribution in [3.8, 4) is 11.3 Å². The van der Waals surface area contributed by atoms with Crippen molar-refractivity contribution in [3.05, 3.63) is 53.1 Å². The zero-order valence-corrected chi connectivity index (χ0v) is 10.9. The van der Waals surface area contributed by atoms with Gasteiger partial charge in [-0.1, -0.05) is 11.6 Å². The van der Waals surface area contributed by atoms with Crippen molar-refractivity contribution in [2.24, 2.45) is 0 Å². The molecule has 0 aliphatic carbocycles. The molecule has 2 heterocycles. The molecular formula is C14H11ClFN3. The minimum atomic E-state index is -0.275. The van der Waals surface area contributed by atoms with Crippen molar-refractivity contribution >= 4 is 22.9 Å². The van der Waals surface area contributed by atoms with Gasteiger partial charge in [0.1, 0.15) is 11.0 Å². The van der Waals surface area contributed by atoms with Crippen LogP contribution >= 0.6 is 11.6 Å². The third-order valence-corrected chi connectivity index (χ3v) is 3.39. The molecule has 2 aromatic heterocycles. The second-order valence-electron chi connectivity index (χ2n) is 4.32. The number of nitrogens with two attached hydrogens (primary N) is 1. The van der Waals surface area contributed by atoms with E-state index in [0.717, 1.165) is 17.0 Å². The molecule has 0 aliphatic rings. The highest BCUT2D eigenvalue weighted by Gasteiger charge is 2.14. The summed E-state index contributed by atoms with van der Waals surface area (Å²) in [5, 5.41) is 0.544. The van der Waals surface area contributed by atoms with E-state index in [1.54, 1.807) is 28.7 Å². The van der Waals surface area contributed by atoms with Gasteiger partial charge in [-0.05, 0) is 43.3 Å². The van der Waals surface area contributed by atoms with Crippen molar-refractivity contribution in [2.75, 3.05) is 5.73 Å². The molecule has 19 heavy (non-hydrogen) atoms. The van der Waals surface area contributed by atoms with Crippen LogP contribution in [-0.2, 0) is 0 Å². The Balaban J connectivity index is 2.31. The van der Waals surface area contributed by atoms with Gasteiger partial charge in [-0.3, -0.25) is 4.40 Å². The van der Waals surface area contributed by atoms with Gasteiger partial charge < -0.3 is 5.73 Å². The molecule has 0 aliphatic heterocycles. The molecule has 0 bridgehead atoms. The summed E-state index contributed by atoms with van der Waals surface area (Å²) >= 11 is 6.17. The van der Waals surface area contributed by atoms with Crippen LogP contribution in [0.15, 0.2) is 36.4 Å². The van der Waals surface area contributed by atoms with Gasteiger partial charge in [0, 0.05) is 11.3 Å². The van der Waals surface area contributed by atoms with E-state index in [4.69, 9.17) is 17.3 Å². The fraction of sp³-hybridized carbons (Fsp3) is 0.0714. The summed E-state index contributed by atoms with van der Waals surface area (Å²) in [7, 11) is 0. The molecule has 1 aromatic carbocycles. The number of halogens is 2. The number of nitrogen functional groups attached to an aromatic ring is 1. The molecule has 0 fully saturated rings. The lowest BCUT2D eigenvalue weighted by atomic mass is 10.1. The Labute approximate surface area is 114 Å². The number of anilines is 1. The van der Waals surface area contributed by atoms with Crippen LogP contribution in [0.5, 0.6) is 0 Å². The Kier molecular flexibility index (Phi) is 2.68. The fourth-order valence-corrected chi connectivity index (χ4v) is 2.42. The Morgan fingerprint density at radius 2 is 1.84 bits per heavy atom. The average Bonchev–Trinajstić information content (AvgIpc) is 2.74. The minimum Gasteiger partial charge on any atom is -0.396 e. The van der Waals surface area contributed by atoms with Gasteiger partial charge in [-0.25, -0.2) is 9.37 Å². The fourth-order valence-electron chi connectivity index (χ4n) is 2.15. The highest BCUT2D eigenvalue weighted by atomic mass is 35.5. The summed E-state index contributed by atoms with van der Waals surface area (Å²) in [6.45, 7) is 1.91. The summed E-state index contributed by atoms with van der Waals surface area (Å²) in [6, 6.07) is 9.64. The number of nitrogens with zero attached hydrogens (tertiary/aromatic N) is 2. The van der Waals surface area contributed by atoms with Crippen LogP contribution in [0, 0.1) is 12.7 Å². The molecule has 5 heteroatoms. The molecule has 96 valence electrons. The van der Waals surface area contributed by atoms with Crippen LogP contribution in [-0.4, -0.2) is 9.38 Å². The summed E-state index contributed by atoms with van der Waals surface area (Å²) in [6.07, 6.45) is 0. The standard InChI is InChI=1S/C14H11ClFN3/c1-8-13(9-2-4-10(16)5-3-9)18-14-11(17)6-7-12(15)19(8)14/h2-7H,17H2,1H3. The molecule has 3 rings (SSSR count). The Morgan fingerprint density at radius 1 is 1.16 bits per heavy atom. The first-order chi connectivity index (χ1) is 9.08. The van der Waals surface area contributed by atoms with Gasteiger partial charge in [0.2, 0.25) is 0 Å². The van der Waals surface area contributed by atoms with Crippen LogP contribution in [0.3, 0.4) is 0 Å². The molecule has 0 atom stereocenters. The van der Waals surface area contributed by atoms with Crippen molar-refractivity contribution in [1.29, 1.82) is 0 Å². The van der Waals surface area contributed by atoms with E-state index in [-0.39, 0.29) is 5.82 Å². The molecule has 2 N–H and O–H groups in total. The number of hydrogen-bond donors (Lipinski definition) is 1. The number of rotatable bonds is 1. The van der Waals surface area contributed by atoms with E-state index in [1.165, 1.54) is 12.1 Å². The molecule has 0 saturated carbocycles. The Hall–Kier alpha value is -2.07. The third kappa shape index (κ3) is 1.85. The highest BCUT2D eigenvalue weighted by molar-refractivity contribution is 6.30. The first-order valence-corrected chi connectivity index (χ1v) is 6.14. The maximum absolute atomic E-state index is 13.0. The van der Waals surface area contributed by atoms with E-state index < -0.39 is 0 Å². The Bertz CT molecular complexity index is 762. The smallest absolute Gasteiger partial charge is 0.162 e. The number of aromatic nitrogens is 2. The number of hydrogen-bond acceptors (Lipinski definition) is 2. The van der Waals surface area contributed by atoms with E-state index in [0.29, 0.717) is 16.5 Å². The summed E-state index contributed by atoms with van der Waals surface area (Å²) < 4.78 is 14.8.